The molecule has 76 valence electrons. The van der Waals surface area contributed by atoms with Crippen molar-refractivity contribution in [1.29, 1.82) is 0 Å². The molecule has 1 atom stereocenters. The van der Waals surface area contributed by atoms with E-state index in [1.807, 2.05) is 0 Å². The van der Waals surface area contributed by atoms with Crippen LogP contribution in [0.25, 0.3) is 0 Å². The molecule has 0 aromatic carbocycles. The molecule has 0 N–H and O–H groups in total. The summed E-state index contributed by atoms with van der Waals surface area (Å²) in [6, 6.07) is 0. The van der Waals surface area contributed by atoms with Crippen LogP contribution in [0.3, 0.4) is 0 Å². The van der Waals surface area contributed by atoms with Crippen molar-refractivity contribution in [2.24, 2.45) is 11.8 Å². The van der Waals surface area contributed by atoms with Crippen molar-refractivity contribution in [3.05, 3.63) is 0 Å². The minimum absolute atomic E-state index is 0.615. The molecule has 0 spiro atoms. The second kappa shape index (κ2) is 3.23. The maximum absolute atomic E-state index is 1.75. The summed E-state index contributed by atoms with van der Waals surface area (Å²) in [5.74, 6) is 2.42. The first-order valence-electron chi connectivity index (χ1n) is 6.36. The summed E-state index contributed by atoms with van der Waals surface area (Å²) in [5, 5.41) is 0. The average molecular weight is 198 g/mol. The Bertz CT molecular complexity index is 193. The van der Waals surface area contributed by atoms with Gasteiger partial charge in [-0.1, -0.05) is 0 Å². The summed E-state index contributed by atoms with van der Waals surface area (Å²) in [6.07, 6.45) is 16.6. The molecular weight excluding hydrogens is 175 g/mol. The fourth-order valence-corrected chi connectivity index (χ4v) is 10.6. The zero-order chi connectivity index (χ0) is 8.73. The summed E-state index contributed by atoms with van der Waals surface area (Å²) in [5.41, 5.74) is 0. The van der Waals surface area contributed by atoms with Crippen LogP contribution in [0.4, 0.5) is 0 Å². The first kappa shape index (κ1) is 8.72. The molecule has 1 unspecified atom stereocenters. The predicted octanol–water partition coefficient (Wildman–Crippen LogP) is 3.35. The van der Waals surface area contributed by atoms with E-state index in [1.54, 1.807) is 63.2 Å². The van der Waals surface area contributed by atoms with Gasteiger partial charge in [0.15, 0.2) is 0 Å². The van der Waals surface area contributed by atoms with Gasteiger partial charge in [-0.3, -0.25) is 0 Å². The molecule has 3 aliphatic rings. The van der Waals surface area contributed by atoms with Crippen LogP contribution >= 0.6 is 7.26 Å². The maximum atomic E-state index is 1.75. The molecule has 1 saturated carbocycles. The van der Waals surface area contributed by atoms with E-state index >= 15 is 0 Å². The zero-order valence-electron chi connectivity index (χ0n) is 8.73. The van der Waals surface area contributed by atoms with Crippen molar-refractivity contribution in [1.82, 2.24) is 0 Å². The second-order valence-electron chi connectivity index (χ2n) is 6.00. The SMILES string of the molecule is C1CC(C[PH]23CCCC(CC2)C3)C1. The number of hydrogen-bond donors (Lipinski definition) is 0. The number of rotatable bonds is 2. The molecule has 3 rings (SSSR count). The van der Waals surface area contributed by atoms with Gasteiger partial charge in [0.05, 0.1) is 0 Å². The first-order valence-corrected chi connectivity index (χ1v) is 9.19. The van der Waals surface area contributed by atoms with E-state index in [0.29, 0.717) is 0 Å². The Kier molecular flexibility index (Phi) is 2.16. The van der Waals surface area contributed by atoms with Crippen molar-refractivity contribution in [3.8, 4) is 0 Å². The van der Waals surface area contributed by atoms with Crippen LogP contribution in [-0.4, -0.2) is 24.6 Å². The van der Waals surface area contributed by atoms with Crippen LogP contribution in [0.2, 0.25) is 0 Å². The molecule has 0 aromatic rings. The van der Waals surface area contributed by atoms with Crippen LogP contribution in [0.15, 0.2) is 0 Å². The molecule has 2 heterocycles. The zero-order valence-corrected chi connectivity index (χ0v) is 9.73. The number of fused-ring (bicyclic) bond motifs is 2. The van der Waals surface area contributed by atoms with E-state index in [2.05, 4.69) is 0 Å². The van der Waals surface area contributed by atoms with Crippen LogP contribution in [0.1, 0.15) is 38.5 Å². The molecule has 0 amide bonds. The third-order valence-electron chi connectivity index (χ3n) is 5.07. The first-order chi connectivity index (χ1) is 6.36. The Hall–Kier alpha value is 0.430. The normalized spacial score (nSPS) is 39.8. The molecule has 2 saturated heterocycles. The third-order valence-corrected chi connectivity index (χ3v) is 10.7. The van der Waals surface area contributed by atoms with Crippen LogP contribution < -0.4 is 0 Å². The molecule has 13 heavy (non-hydrogen) atoms. The summed E-state index contributed by atoms with van der Waals surface area (Å²) >= 11 is 0. The van der Waals surface area contributed by atoms with Gasteiger partial charge in [-0.05, 0) is 0 Å². The van der Waals surface area contributed by atoms with Crippen molar-refractivity contribution in [3.63, 3.8) is 0 Å². The number of hydrogen-bond acceptors (Lipinski definition) is 0. The Balaban J connectivity index is 1.65. The van der Waals surface area contributed by atoms with Crippen molar-refractivity contribution in [2.45, 2.75) is 38.5 Å². The van der Waals surface area contributed by atoms with Gasteiger partial charge in [-0.15, -0.1) is 0 Å². The van der Waals surface area contributed by atoms with E-state index in [9.17, 15) is 0 Å². The molecular formula is C12H23P. The summed E-state index contributed by atoms with van der Waals surface area (Å²) in [7, 11) is -0.615. The van der Waals surface area contributed by atoms with Crippen molar-refractivity contribution >= 4 is 7.26 Å². The monoisotopic (exact) mass is 198 g/mol. The molecule has 2 aliphatic heterocycles. The van der Waals surface area contributed by atoms with Crippen LogP contribution in [0.5, 0.6) is 0 Å². The van der Waals surface area contributed by atoms with Crippen LogP contribution in [0, 0.1) is 11.8 Å². The van der Waals surface area contributed by atoms with E-state index in [1.165, 1.54) is 11.8 Å². The van der Waals surface area contributed by atoms with Crippen molar-refractivity contribution in [2.75, 3.05) is 24.6 Å². The third kappa shape index (κ3) is 1.56. The summed E-state index contributed by atoms with van der Waals surface area (Å²) in [6.45, 7) is 0. The summed E-state index contributed by atoms with van der Waals surface area (Å²) < 4.78 is 0. The Labute approximate surface area is 82.8 Å². The molecule has 0 radical (unpaired) electrons. The molecule has 0 nitrogen and oxygen atoms in total. The fourth-order valence-electron chi connectivity index (χ4n) is 4.16. The molecule has 2 bridgehead atoms. The van der Waals surface area contributed by atoms with E-state index in [-0.39, 0.29) is 0 Å². The fraction of sp³-hybridized carbons (Fsp3) is 1.00. The predicted molar refractivity (Wildman–Crippen MR) is 62.5 cm³/mol. The Morgan fingerprint density at radius 1 is 0.923 bits per heavy atom. The van der Waals surface area contributed by atoms with Gasteiger partial charge in [0.1, 0.15) is 0 Å². The van der Waals surface area contributed by atoms with Gasteiger partial charge >= 0.3 is 82.3 Å². The van der Waals surface area contributed by atoms with Gasteiger partial charge in [-0.2, -0.15) is 0 Å². The molecule has 1 heteroatoms. The molecule has 1 aliphatic carbocycles. The quantitative estimate of drug-likeness (QED) is 0.597. The van der Waals surface area contributed by atoms with Gasteiger partial charge in [0.25, 0.3) is 0 Å². The second-order valence-corrected chi connectivity index (χ2v) is 10.8. The Morgan fingerprint density at radius 3 is 2.62 bits per heavy atom. The standard InChI is InChI=1S/C12H23P/c1-3-11(4-1)9-13-7-2-5-12(10-13)6-8-13/h11-13H,1-10H2. The summed E-state index contributed by atoms with van der Waals surface area (Å²) in [4.78, 5) is 0. The minimum atomic E-state index is -0.615. The van der Waals surface area contributed by atoms with E-state index in [0.717, 1.165) is 0 Å². The van der Waals surface area contributed by atoms with Crippen LogP contribution in [-0.2, 0) is 0 Å². The van der Waals surface area contributed by atoms with Gasteiger partial charge in [0, 0.05) is 0 Å². The average Bonchev–Trinajstić information content (AvgIpc) is 2.36. The van der Waals surface area contributed by atoms with Crippen molar-refractivity contribution < 1.29 is 0 Å². The molecule has 3 fully saturated rings. The Morgan fingerprint density at radius 2 is 1.85 bits per heavy atom. The van der Waals surface area contributed by atoms with Gasteiger partial charge in [-0.25, -0.2) is 0 Å². The van der Waals surface area contributed by atoms with Gasteiger partial charge < -0.3 is 0 Å². The molecule has 0 aromatic heterocycles. The topological polar surface area (TPSA) is 0 Å². The van der Waals surface area contributed by atoms with E-state index in [4.69, 9.17) is 0 Å². The van der Waals surface area contributed by atoms with Gasteiger partial charge in [0.2, 0.25) is 0 Å². The van der Waals surface area contributed by atoms with E-state index < -0.39 is 7.26 Å².